The SMILES string of the molecule is CC1CCC(N)(Cc2cncc(Br)c2)C(C)C1. The van der Waals surface area contributed by atoms with Crippen molar-refractivity contribution in [2.45, 2.75) is 45.1 Å². The first-order valence-electron chi connectivity index (χ1n) is 6.38. The first-order chi connectivity index (χ1) is 7.99. The number of aromatic nitrogens is 1. The lowest BCUT2D eigenvalue weighted by molar-refractivity contribution is 0.163. The monoisotopic (exact) mass is 296 g/mol. The summed E-state index contributed by atoms with van der Waals surface area (Å²) in [5, 5.41) is 0. The van der Waals surface area contributed by atoms with Crippen LogP contribution < -0.4 is 5.73 Å². The normalized spacial score (nSPS) is 33.6. The van der Waals surface area contributed by atoms with Gasteiger partial charge in [-0.25, -0.2) is 0 Å². The third-order valence-corrected chi connectivity index (χ3v) is 4.57. The first-order valence-corrected chi connectivity index (χ1v) is 7.17. The molecule has 1 fully saturated rings. The van der Waals surface area contributed by atoms with Crippen molar-refractivity contribution in [3.8, 4) is 0 Å². The number of nitrogens with two attached hydrogens (primary N) is 1. The van der Waals surface area contributed by atoms with Gasteiger partial charge >= 0.3 is 0 Å². The van der Waals surface area contributed by atoms with Crippen molar-refractivity contribution in [2.24, 2.45) is 17.6 Å². The Morgan fingerprint density at radius 2 is 2.24 bits per heavy atom. The quantitative estimate of drug-likeness (QED) is 0.907. The van der Waals surface area contributed by atoms with Gasteiger partial charge in [0.15, 0.2) is 0 Å². The van der Waals surface area contributed by atoms with Crippen molar-refractivity contribution in [3.63, 3.8) is 0 Å². The Labute approximate surface area is 112 Å². The maximum absolute atomic E-state index is 6.60. The molecule has 0 saturated heterocycles. The van der Waals surface area contributed by atoms with Crippen LogP contribution in [-0.4, -0.2) is 10.5 Å². The largest absolute Gasteiger partial charge is 0.325 e. The Morgan fingerprint density at radius 3 is 2.88 bits per heavy atom. The van der Waals surface area contributed by atoms with Crippen LogP contribution in [0, 0.1) is 11.8 Å². The summed E-state index contributed by atoms with van der Waals surface area (Å²) in [6, 6.07) is 2.13. The zero-order valence-electron chi connectivity index (χ0n) is 10.6. The molecule has 2 N–H and O–H groups in total. The molecule has 1 aliphatic carbocycles. The summed E-state index contributed by atoms with van der Waals surface area (Å²) in [6.45, 7) is 4.62. The van der Waals surface area contributed by atoms with Gasteiger partial charge in [0.1, 0.15) is 0 Å². The summed E-state index contributed by atoms with van der Waals surface area (Å²) in [5.41, 5.74) is 7.80. The Balaban J connectivity index is 2.11. The maximum atomic E-state index is 6.60. The molecule has 17 heavy (non-hydrogen) atoms. The lowest BCUT2D eigenvalue weighted by atomic mass is 9.68. The van der Waals surface area contributed by atoms with Crippen molar-refractivity contribution in [2.75, 3.05) is 0 Å². The number of pyridine rings is 1. The Hall–Kier alpha value is -0.410. The molecule has 0 bridgehead atoms. The smallest absolute Gasteiger partial charge is 0.0410 e. The van der Waals surface area contributed by atoms with Crippen molar-refractivity contribution < 1.29 is 0 Å². The lowest BCUT2D eigenvalue weighted by Gasteiger charge is -2.42. The summed E-state index contributed by atoms with van der Waals surface area (Å²) in [5.74, 6) is 1.41. The predicted octanol–water partition coefficient (Wildman–Crippen LogP) is 3.54. The van der Waals surface area contributed by atoms with Gasteiger partial charge in [-0.15, -0.1) is 0 Å². The number of hydrogen-bond donors (Lipinski definition) is 1. The maximum Gasteiger partial charge on any atom is 0.0410 e. The molecule has 2 nitrogen and oxygen atoms in total. The van der Waals surface area contributed by atoms with Gasteiger partial charge in [-0.3, -0.25) is 4.98 Å². The molecule has 3 atom stereocenters. The van der Waals surface area contributed by atoms with E-state index in [1.165, 1.54) is 18.4 Å². The van der Waals surface area contributed by atoms with Gasteiger partial charge in [0, 0.05) is 22.4 Å². The van der Waals surface area contributed by atoms with Gasteiger partial charge < -0.3 is 5.73 Å². The van der Waals surface area contributed by atoms with Crippen molar-refractivity contribution in [3.05, 3.63) is 28.5 Å². The van der Waals surface area contributed by atoms with Crippen LogP contribution in [0.1, 0.15) is 38.7 Å². The fourth-order valence-corrected chi connectivity index (χ4v) is 3.33. The molecule has 0 aromatic carbocycles. The molecule has 0 radical (unpaired) electrons. The molecule has 94 valence electrons. The Bertz CT molecular complexity index is 394. The molecule has 1 aromatic heterocycles. The predicted molar refractivity (Wildman–Crippen MR) is 74.7 cm³/mol. The molecule has 3 heteroatoms. The molecule has 3 unspecified atom stereocenters. The summed E-state index contributed by atoms with van der Waals surface area (Å²) in [7, 11) is 0. The van der Waals surface area contributed by atoms with Gasteiger partial charge in [0.2, 0.25) is 0 Å². The second-order valence-corrected chi connectivity index (χ2v) is 6.62. The number of rotatable bonds is 2. The third-order valence-electron chi connectivity index (χ3n) is 4.13. The molecule has 0 aliphatic heterocycles. The minimum Gasteiger partial charge on any atom is -0.325 e. The average Bonchev–Trinajstić information content (AvgIpc) is 2.25. The molecule has 0 amide bonds. The highest BCUT2D eigenvalue weighted by molar-refractivity contribution is 9.10. The second-order valence-electron chi connectivity index (χ2n) is 5.70. The molecular weight excluding hydrogens is 276 g/mol. The highest BCUT2D eigenvalue weighted by atomic mass is 79.9. The van der Waals surface area contributed by atoms with Crippen LogP contribution in [0.4, 0.5) is 0 Å². The Kier molecular flexibility index (Phi) is 3.88. The van der Waals surface area contributed by atoms with Crippen LogP contribution >= 0.6 is 15.9 Å². The van der Waals surface area contributed by atoms with Crippen LogP contribution in [0.2, 0.25) is 0 Å². The average molecular weight is 297 g/mol. The van der Waals surface area contributed by atoms with Crippen molar-refractivity contribution in [1.82, 2.24) is 4.98 Å². The number of nitrogens with zero attached hydrogens (tertiary/aromatic N) is 1. The molecular formula is C14H21BrN2. The van der Waals surface area contributed by atoms with E-state index in [0.717, 1.165) is 23.2 Å². The van der Waals surface area contributed by atoms with E-state index < -0.39 is 0 Å². The Morgan fingerprint density at radius 1 is 1.47 bits per heavy atom. The topological polar surface area (TPSA) is 38.9 Å². The number of hydrogen-bond acceptors (Lipinski definition) is 2. The summed E-state index contributed by atoms with van der Waals surface area (Å²) < 4.78 is 1.04. The highest BCUT2D eigenvalue weighted by Crippen LogP contribution is 2.37. The van der Waals surface area contributed by atoms with Crippen molar-refractivity contribution in [1.29, 1.82) is 0 Å². The zero-order valence-corrected chi connectivity index (χ0v) is 12.2. The lowest BCUT2D eigenvalue weighted by Crippen LogP contribution is -2.51. The van der Waals surface area contributed by atoms with Gasteiger partial charge in [-0.2, -0.15) is 0 Å². The minimum atomic E-state index is -0.0466. The molecule has 1 aromatic rings. The highest BCUT2D eigenvalue weighted by Gasteiger charge is 2.36. The summed E-state index contributed by atoms with van der Waals surface area (Å²) >= 11 is 3.47. The van der Waals surface area contributed by atoms with Crippen LogP contribution in [-0.2, 0) is 6.42 Å². The molecule has 1 aliphatic rings. The van der Waals surface area contributed by atoms with E-state index >= 15 is 0 Å². The van der Waals surface area contributed by atoms with Crippen LogP contribution in [0.25, 0.3) is 0 Å². The zero-order chi connectivity index (χ0) is 12.5. The van der Waals surface area contributed by atoms with Gasteiger partial charge in [-0.1, -0.05) is 13.8 Å². The standard InChI is InChI=1S/C14H21BrN2/c1-10-3-4-14(16,11(2)5-10)7-12-6-13(15)9-17-8-12/h6,8-11H,3-5,7,16H2,1-2H3. The summed E-state index contributed by atoms with van der Waals surface area (Å²) in [4.78, 5) is 4.22. The van der Waals surface area contributed by atoms with E-state index in [2.05, 4.69) is 40.8 Å². The van der Waals surface area contributed by atoms with E-state index in [4.69, 9.17) is 5.73 Å². The molecule has 0 spiro atoms. The van der Waals surface area contributed by atoms with Gasteiger partial charge in [0.05, 0.1) is 0 Å². The second kappa shape index (κ2) is 5.07. The van der Waals surface area contributed by atoms with E-state index in [-0.39, 0.29) is 5.54 Å². The van der Waals surface area contributed by atoms with E-state index in [1.54, 1.807) is 0 Å². The molecule has 2 rings (SSSR count). The first kappa shape index (κ1) is 13.0. The van der Waals surface area contributed by atoms with Crippen LogP contribution in [0.15, 0.2) is 22.9 Å². The van der Waals surface area contributed by atoms with Crippen molar-refractivity contribution >= 4 is 15.9 Å². The van der Waals surface area contributed by atoms with Gasteiger partial charge in [0.25, 0.3) is 0 Å². The number of halogens is 1. The minimum absolute atomic E-state index is 0.0466. The molecule has 1 saturated carbocycles. The van der Waals surface area contributed by atoms with Gasteiger partial charge in [-0.05, 0) is 65.1 Å². The van der Waals surface area contributed by atoms with Crippen LogP contribution in [0.5, 0.6) is 0 Å². The fraction of sp³-hybridized carbons (Fsp3) is 0.643. The molecule has 1 heterocycles. The van der Waals surface area contributed by atoms with Crippen LogP contribution in [0.3, 0.4) is 0 Å². The third kappa shape index (κ3) is 3.08. The van der Waals surface area contributed by atoms with E-state index in [1.807, 2.05) is 12.4 Å². The summed E-state index contributed by atoms with van der Waals surface area (Å²) in [6.07, 6.45) is 8.32. The van der Waals surface area contributed by atoms with E-state index in [0.29, 0.717) is 5.92 Å². The van der Waals surface area contributed by atoms with E-state index in [9.17, 15) is 0 Å². The fourth-order valence-electron chi connectivity index (χ4n) is 2.91.